The third-order valence-electron chi connectivity index (χ3n) is 4.53. The summed E-state index contributed by atoms with van der Waals surface area (Å²) in [4.78, 5) is 33.9. The summed E-state index contributed by atoms with van der Waals surface area (Å²) in [5.74, 6) is -1.07. The predicted octanol–water partition coefficient (Wildman–Crippen LogP) is 3.26. The summed E-state index contributed by atoms with van der Waals surface area (Å²) < 4.78 is 5.45. The Morgan fingerprint density at radius 1 is 1.12 bits per heavy atom. The summed E-state index contributed by atoms with van der Waals surface area (Å²) in [6.07, 6.45) is 4.97. The number of amides is 1. The van der Waals surface area contributed by atoms with Gasteiger partial charge in [0, 0.05) is 18.4 Å². The molecule has 1 amide bonds. The van der Waals surface area contributed by atoms with Gasteiger partial charge in [-0.3, -0.25) is 4.79 Å². The molecule has 1 saturated carbocycles. The summed E-state index contributed by atoms with van der Waals surface area (Å²) in [7, 11) is 0. The Morgan fingerprint density at radius 3 is 2.54 bits per heavy atom. The van der Waals surface area contributed by atoms with E-state index in [2.05, 4.69) is 9.97 Å². The highest BCUT2D eigenvalue weighted by atomic mass is 16.6. The summed E-state index contributed by atoms with van der Waals surface area (Å²) in [5.41, 5.74) is 0.877. The Bertz CT molecular complexity index is 739. The fourth-order valence-electron chi connectivity index (χ4n) is 3.22. The maximum Gasteiger partial charge on any atom is 0.417 e. The first-order valence-electron chi connectivity index (χ1n) is 8.65. The molecule has 7 heteroatoms. The van der Waals surface area contributed by atoms with Gasteiger partial charge in [-0.1, -0.05) is 36.8 Å². The van der Waals surface area contributed by atoms with Gasteiger partial charge in [0.2, 0.25) is 5.95 Å². The number of anilines is 1. The average molecular weight is 355 g/mol. The van der Waals surface area contributed by atoms with Crippen LogP contribution < -0.4 is 4.90 Å². The van der Waals surface area contributed by atoms with Gasteiger partial charge in [0.25, 0.3) is 0 Å². The van der Waals surface area contributed by atoms with Crippen molar-refractivity contribution in [2.75, 3.05) is 4.90 Å². The van der Waals surface area contributed by atoms with E-state index in [4.69, 9.17) is 4.74 Å². The summed E-state index contributed by atoms with van der Waals surface area (Å²) in [6, 6.07) is 10.8. The summed E-state index contributed by atoms with van der Waals surface area (Å²) in [6.45, 7) is 0.137. The molecule has 1 heterocycles. The molecule has 0 saturated heterocycles. The maximum absolute atomic E-state index is 12.8. The Hall–Kier alpha value is -2.96. The lowest BCUT2D eigenvalue weighted by atomic mass is 9.85. The van der Waals surface area contributed by atoms with Gasteiger partial charge in [-0.15, -0.1) is 0 Å². The van der Waals surface area contributed by atoms with Gasteiger partial charge in [0.05, 0.1) is 5.92 Å². The van der Waals surface area contributed by atoms with Crippen molar-refractivity contribution in [1.82, 2.24) is 9.97 Å². The molecule has 136 valence electrons. The molecule has 1 aromatic carbocycles. The highest BCUT2D eigenvalue weighted by molar-refractivity contribution is 5.86. The predicted molar refractivity (Wildman–Crippen MR) is 94.5 cm³/mol. The third kappa shape index (κ3) is 4.36. The van der Waals surface area contributed by atoms with Crippen LogP contribution in [0.5, 0.6) is 0 Å². The van der Waals surface area contributed by atoms with Crippen molar-refractivity contribution in [1.29, 1.82) is 0 Å². The number of carbonyl (C=O) groups excluding carboxylic acids is 1. The van der Waals surface area contributed by atoms with Gasteiger partial charge >= 0.3 is 12.1 Å². The van der Waals surface area contributed by atoms with Crippen molar-refractivity contribution in [3.05, 3.63) is 54.4 Å². The van der Waals surface area contributed by atoms with E-state index in [-0.39, 0.29) is 18.6 Å². The molecule has 26 heavy (non-hydrogen) atoms. The fraction of sp³-hybridized carbons (Fsp3) is 0.368. The molecule has 3 rings (SSSR count). The normalized spacial score (nSPS) is 19.5. The van der Waals surface area contributed by atoms with Crippen LogP contribution in [0.1, 0.15) is 31.2 Å². The van der Waals surface area contributed by atoms with Crippen molar-refractivity contribution < 1.29 is 19.4 Å². The highest BCUT2D eigenvalue weighted by Crippen LogP contribution is 2.30. The Labute approximate surface area is 151 Å². The zero-order valence-electron chi connectivity index (χ0n) is 14.3. The number of carboxylic acids is 1. The van der Waals surface area contributed by atoms with Crippen LogP contribution >= 0.6 is 0 Å². The maximum atomic E-state index is 12.8. The second-order valence-electron chi connectivity index (χ2n) is 6.31. The van der Waals surface area contributed by atoms with Crippen LogP contribution in [-0.4, -0.2) is 33.2 Å². The molecule has 1 aromatic heterocycles. The molecule has 0 bridgehead atoms. The van der Waals surface area contributed by atoms with Crippen molar-refractivity contribution in [3.8, 4) is 0 Å². The van der Waals surface area contributed by atoms with E-state index in [1.54, 1.807) is 18.5 Å². The number of carboxylic acid groups (broad SMARTS) is 1. The zero-order valence-corrected chi connectivity index (χ0v) is 14.3. The Morgan fingerprint density at radius 2 is 1.85 bits per heavy atom. The van der Waals surface area contributed by atoms with E-state index in [0.717, 1.165) is 12.0 Å². The number of aromatic nitrogens is 2. The van der Waals surface area contributed by atoms with Gasteiger partial charge in [-0.2, -0.15) is 0 Å². The van der Waals surface area contributed by atoms with E-state index in [1.807, 2.05) is 30.3 Å². The number of hydrogen-bond donors (Lipinski definition) is 1. The number of nitrogens with zero attached hydrogens (tertiary/aromatic N) is 3. The minimum absolute atomic E-state index is 0.137. The van der Waals surface area contributed by atoms with Crippen LogP contribution in [0.2, 0.25) is 0 Å². The molecular formula is C19H21N3O4. The monoisotopic (exact) mass is 355 g/mol. The van der Waals surface area contributed by atoms with Gasteiger partial charge in [-0.25, -0.2) is 19.7 Å². The van der Waals surface area contributed by atoms with Crippen LogP contribution in [0, 0.1) is 5.92 Å². The van der Waals surface area contributed by atoms with E-state index < -0.39 is 18.0 Å². The first kappa shape index (κ1) is 17.8. The number of rotatable bonds is 5. The number of carbonyl (C=O) groups is 2. The summed E-state index contributed by atoms with van der Waals surface area (Å²) >= 11 is 0. The van der Waals surface area contributed by atoms with Crippen LogP contribution in [0.25, 0.3) is 0 Å². The van der Waals surface area contributed by atoms with E-state index in [9.17, 15) is 14.7 Å². The standard InChI is InChI=1S/C19H21N3O4/c23-17(24)15-8-4-9-16(12-15)22(18-20-10-5-11-21-18)19(25)26-13-14-6-2-1-3-7-14/h1-3,5-7,10-11,15-16H,4,8-9,12-13H2,(H,23,24)/t15-,16+/m1/s1. The van der Waals surface area contributed by atoms with Crippen LogP contribution in [-0.2, 0) is 16.1 Å². The lowest BCUT2D eigenvalue weighted by molar-refractivity contribution is -0.142. The third-order valence-corrected chi connectivity index (χ3v) is 4.53. The Balaban J connectivity index is 1.77. The average Bonchev–Trinajstić information content (AvgIpc) is 2.68. The number of hydrogen-bond acceptors (Lipinski definition) is 5. The first-order chi connectivity index (χ1) is 12.6. The van der Waals surface area contributed by atoms with Gasteiger partial charge in [-0.05, 0) is 30.9 Å². The zero-order chi connectivity index (χ0) is 18.4. The molecule has 1 aliphatic rings. The molecule has 0 unspecified atom stereocenters. The van der Waals surface area contributed by atoms with Gasteiger partial charge in [0.1, 0.15) is 6.61 Å². The van der Waals surface area contributed by atoms with Crippen molar-refractivity contribution in [2.45, 2.75) is 38.3 Å². The molecule has 1 N–H and O–H groups in total. The number of benzene rings is 1. The van der Waals surface area contributed by atoms with Gasteiger partial charge < -0.3 is 9.84 Å². The lowest BCUT2D eigenvalue weighted by Gasteiger charge is -2.34. The SMILES string of the molecule is O=C(O)[C@@H]1CCC[C@H](N(C(=O)OCc2ccccc2)c2ncccn2)C1. The minimum atomic E-state index is -0.832. The molecule has 7 nitrogen and oxygen atoms in total. The molecule has 1 fully saturated rings. The first-order valence-corrected chi connectivity index (χ1v) is 8.65. The second-order valence-corrected chi connectivity index (χ2v) is 6.31. The number of ether oxygens (including phenoxy) is 1. The van der Waals surface area contributed by atoms with Crippen molar-refractivity contribution in [2.24, 2.45) is 5.92 Å². The topological polar surface area (TPSA) is 92.6 Å². The molecule has 0 spiro atoms. The van der Waals surface area contributed by atoms with Crippen molar-refractivity contribution in [3.63, 3.8) is 0 Å². The molecule has 2 aromatic rings. The Kier molecular flexibility index (Phi) is 5.78. The van der Waals surface area contributed by atoms with Crippen molar-refractivity contribution >= 4 is 18.0 Å². The van der Waals surface area contributed by atoms with Gasteiger partial charge in [0.15, 0.2) is 0 Å². The molecule has 0 radical (unpaired) electrons. The second kappa shape index (κ2) is 8.42. The molecule has 2 atom stereocenters. The van der Waals surface area contributed by atoms with E-state index in [1.165, 1.54) is 4.90 Å². The summed E-state index contributed by atoms with van der Waals surface area (Å²) in [5, 5.41) is 9.33. The number of aliphatic carboxylic acids is 1. The fourth-order valence-corrected chi connectivity index (χ4v) is 3.22. The molecular weight excluding hydrogens is 334 g/mol. The quantitative estimate of drug-likeness (QED) is 0.885. The smallest absolute Gasteiger partial charge is 0.417 e. The largest absolute Gasteiger partial charge is 0.481 e. The van der Waals surface area contributed by atoms with Crippen LogP contribution in [0.4, 0.5) is 10.7 Å². The minimum Gasteiger partial charge on any atom is -0.481 e. The molecule has 0 aliphatic heterocycles. The molecule has 1 aliphatic carbocycles. The van der Waals surface area contributed by atoms with E-state index >= 15 is 0 Å². The lowest BCUT2D eigenvalue weighted by Crippen LogP contribution is -2.45. The van der Waals surface area contributed by atoms with E-state index in [0.29, 0.717) is 19.3 Å². The van der Waals surface area contributed by atoms with Crippen LogP contribution in [0.15, 0.2) is 48.8 Å². The van der Waals surface area contributed by atoms with Crippen LogP contribution in [0.3, 0.4) is 0 Å². The highest BCUT2D eigenvalue weighted by Gasteiger charge is 2.35.